The van der Waals surface area contributed by atoms with Gasteiger partial charge in [0.2, 0.25) is 0 Å². The lowest BCUT2D eigenvalue weighted by atomic mass is 10.2. The molecule has 146 valence electrons. The molecule has 2 aromatic rings. The van der Waals surface area contributed by atoms with Crippen LogP contribution >= 0.6 is 11.3 Å². The highest BCUT2D eigenvalue weighted by Crippen LogP contribution is 2.20. The van der Waals surface area contributed by atoms with Gasteiger partial charge in [-0.05, 0) is 29.1 Å². The van der Waals surface area contributed by atoms with Gasteiger partial charge in [0.1, 0.15) is 10.0 Å². The molecule has 27 heavy (non-hydrogen) atoms. The van der Waals surface area contributed by atoms with Crippen LogP contribution in [0.5, 0.6) is 0 Å². The van der Waals surface area contributed by atoms with Gasteiger partial charge in [0.05, 0.1) is 26.2 Å². The summed E-state index contributed by atoms with van der Waals surface area (Å²) in [5.74, 6) is -0.356. The van der Waals surface area contributed by atoms with Crippen LogP contribution in [0.15, 0.2) is 46.0 Å². The van der Waals surface area contributed by atoms with Gasteiger partial charge in [-0.3, -0.25) is 4.79 Å². The van der Waals surface area contributed by atoms with Gasteiger partial charge in [0.15, 0.2) is 6.54 Å². The Morgan fingerprint density at radius 3 is 2.63 bits per heavy atom. The Kier molecular flexibility index (Phi) is 6.25. The maximum atomic E-state index is 13.3. The molecular weight excluding hydrogens is 389 g/mol. The minimum Gasteiger partial charge on any atom is -0.337 e. The normalized spacial score (nSPS) is 16.4. The lowest BCUT2D eigenvalue weighted by molar-refractivity contribution is -0.896. The third-order valence-electron chi connectivity index (χ3n) is 4.65. The molecule has 0 spiro atoms. The van der Waals surface area contributed by atoms with E-state index in [1.54, 1.807) is 41.6 Å². The summed E-state index contributed by atoms with van der Waals surface area (Å²) in [5, 5.41) is 1.75. The highest BCUT2D eigenvalue weighted by Gasteiger charge is 2.32. The quantitative estimate of drug-likeness (QED) is 0.749. The molecule has 1 fully saturated rings. The number of thiophene rings is 1. The van der Waals surface area contributed by atoms with Gasteiger partial charge in [-0.2, -0.15) is 4.31 Å². The topological polar surface area (TPSA) is 62.1 Å². The lowest BCUT2D eigenvalue weighted by Gasteiger charge is -2.31. The number of likely N-dealkylation sites (N-methyl/N-ethyl adjacent to an activating group) is 1. The number of nitrogens with zero attached hydrogens (tertiary/aromatic N) is 2. The van der Waals surface area contributed by atoms with E-state index in [1.807, 2.05) is 0 Å². The molecular formula is C18H23FN3O3S2+. The van der Waals surface area contributed by atoms with Crippen molar-refractivity contribution < 1.29 is 22.5 Å². The fraction of sp³-hybridized carbons (Fsp3) is 0.389. The van der Waals surface area contributed by atoms with Gasteiger partial charge in [0.25, 0.3) is 15.9 Å². The second kappa shape index (κ2) is 8.47. The zero-order valence-corrected chi connectivity index (χ0v) is 16.7. The number of hydrogen-bond donors (Lipinski definition) is 1. The van der Waals surface area contributed by atoms with Crippen molar-refractivity contribution in [2.24, 2.45) is 0 Å². The Balaban J connectivity index is 1.50. The first-order valence-corrected chi connectivity index (χ1v) is 11.0. The van der Waals surface area contributed by atoms with E-state index in [1.165, 1.54) is 27.8 Å². The molecule has 0 bridgehead atoms. The molecule has 9 heteroatoms. The number of quaternary nitrogens is 1. The molecule has 1 aliphatic heterocycles. The Hall–Kier alpha value is -1.81. The van der Waals surface area contributed by atoms with Crippen LogP contribution in [0.4, 0.5) is 4.39 Å². The van der Waals surface area contributed by atoms with Crippen LogP contribution in [0.1, 0.15) is 5.56 Å². The predicted molar refractivity (Wildman–Crippen MR) is 102 cm³/mol. The van der Waals surface area contributed by atoms with Crippen LogP contribution in [-0.4, -0.2) is 63.3 Å². The second-order valence-corrected chi connectivity index (χ2v) is 9.76. The molecule has 3 rings (SSSR count). The number of rotatable bonds is 6. The van der Waals surface area contributed by atoms with Crippen LogP contribution < -0.4 is 4.90 Å². The van der Waals surface area contributed by atoms with E-state index >= 15 is 0 Å². The zero-order chi connectivity index (χ0) is 19.4. The molecule has 0 aliphatic carbocycles. The highest BCUT2D eigenvalue weighted by molar-refractivity contribution is 7.91. The summed E-state index contributed by atoms with van der Waals surface area (Å²) in [7, 11) is -1.73. The average molecular weight is 413 g/mol. The first kappa shape index (κ1) is 19.9. The van der Waals surface area contributed by atoms with Gasteiger partial charge >= 0.3 is 0 Å². The van der Waals surface area contributed by atoms with Crippen molar-refractivity contribution in [3.05, 3.63) is 53.2 Å². The van der Waals surface area contributed by atoms with Crippen molar-refractivity contribution in [3.63, 3.8) is 0 Å². The second-order valence-electron chi connectivity index (χ2n) is 6.64. The average Bonchev–Trinajstić information content (AvgIpc) is 3.17. The number of carbonyl (C=O) groups excluding carboxylic acids is 1. The van der Waals surface area contributed by atoms with Crippen LogP contribution in [0, 0.1) is 5.82 Å². The van der Waals surface area contributed by atoms with Crippen LogP contribution in [0.3, 0.4) is 0 Å². The van der Waals surface area contributed by atoms with E-state index in [2.05, 4.69) is 0 Å². The van der Waals surface area contributed by atoms with E-state index in [-0.39, 0.29) is 11.7 Å². The SMILES string of the molecule is CN(Cc1cccc(F)c1)C(=O)C[NH+]1CCN(S(=O)(=O)c2cccs2)CC1. The van der Waals surface area contributed by atoms with E-state index in [4.69, 9.17) is 0 Å². The van der Waals surface area contributed by atoms with E-state index < -0.39 is 10.0 Å². The first-order chi connectivity index (χ1) is 12.9. The van der Waals surface area contributed by atoms with Crippen molar-refractivity contribution in [1.29, 1.82) is 0 Å². The molecule has 1 saturated heterocycles. The van der Waals surface area contributed by atoms with Crippen molar-refractivity contribution in [3.8, 4) is 0 Å². The Bertz CT molecular complexity index is 879. The summed E-state index contributed by atoms with van der Waals surface area (Å²) >= 11 is 1.22. The molecule has 0 unspecified atom stereocenters. The summed E-state index contributed by atoms with van der Waals surface area (Å²) in [6.07, 6.45) is 0. The number of nitrogens with one attached hydrogen (secondary N) is 1. The summed E-state index contributed by atoms with van der Waals surface area (Å²) in [4.78, 5) is 15.1. The molecule has 1 N–H and O–H groups in total. The summed E-state index contributed by atoms with van der Waals surface area (Å²) in [5.41, 5.74) is 0.743. The van der Waals surface area contributed by atoms with E-state index in [9.17, 15) is 17.6 Å². The maximum Gasteiger partial charge on any atom is 0.277 e. The van der Waals surface area contributed by atoms with Gasteiger partial charge in [-0.25, -0.2) is 12.8 Å². The Morgan fingerprint density at radius 2 is 2.00 bits per heavy atom. The molecule has 1 aromatic carbocycles. The number of amides is 1. The highest BCUT2D eigenvalue weighted by atomic mass is 32.2. The summed E-state index contributed by atoms with van der Waals surface area (Å²) in [6, 6.07) is 9.55. The smallest absolute Gasteiger partial charge is 0.277 e. The molecule has 1 aliphatic rings. The predicted octanol–water partition coefficient (Wildman–Crippen LogP) is 0.435. The van der Waals surface area contributed by atoms with Crippen molar-refractivity contribution in [2.75, 3.05) is 39.8 Å². The Morgan fingerprint density at radius 1 is 1.26 bits per heavy atom. The maximum absolute atomic E-state index is 13.3. The number of benzene rings is 1. The van der Waals surface area contributed by atoms with Gasteiger partial charge < -0.3 is 9.80 Å². The molecule has 2 heterocycles. The van der Waals surface area contributed by atoms with Crippen LogP contribution in [0.2, 0.25) is 0 Å². The zero-order valence-electron chi connectivity index (χ0n) is 15.1. The van der Waals surface area contributed by atoms with Crippen molar-refractivity contribution in [1.82, 2.24) is 9.21 Å². The number of hydrogen-bond acceptors (Lipinski definition) is 4. The number of carbonyl (C=O) groups is 1. The van der Waals surface area contributed by atoms with Crippen LogP contribution in [-0.2, 0) is 21.4 Å². The molecule has 0 saturated carbocycles. The molecule has 0 radical (unpaired) electrons. The van der Waals surface area contributed by atoms with E-state index in [0.29, 0.717) is 43.5 Å². The van der Waals surface area contributed by atoms with E-state index in [0.717, 1.165) is 10.5 Å². The standard InChI is InChI=1S/C18H22FN3O3S2/c1-20(13-15-4-2-5-16(19)12-15)17(23)14-21-7-9-22(10-8-21)27(24,25)18-6-3-11-26-18/h2-6,11-12H,7-10,13-14H2,1H3/p+1. The fourth-order valence-electron chi connectivity index (χ4n) is 3.10. The lowest BCUT2D eigenvalue weighted by Crippen LogP contribution is -3.15. The third kappa shape index (κ3) is 4.92. The van der Waals surface area contributed by atoms with Crippen LogP contribution in [0.25, 0.3) is 0 Å². The first-order valence-electron chi connectivity index (χ1n) is 8.72. The summed E-state index contributed by atoms with van der Waals surface area (Å²) in [6.45, 7) is 2.63. The van der Waals surface area contributed by atoms with Gasteiger partial charge in [-0.15, -0.1) is 11.3 Å². The summed E-state index contributed by atoms with van der Waals surface area (Å²) < 4.78 is 40.2. The minimum absolute atomic E-state index is 0.0381. The Labute approximate surface area is 162 Å². The fourth-order valence-corrected chi connectivity index (χ4v) is 5.69. The minimum atomic E-state index is -3.42. The largest absolute Gasteiger partial charge is 0.337 e. The van der Waals surface area contributed by atoms with Gasteiger partial charge in [-0.1, -0.05) is 18.2 Å². The molecule has 1 amide bonds. The van der Waals surface area contributed by atoms with Crippen molar-refractivity contribution in [2.45, 2.75) is 10.8 Å². The number of sulfonamides is 1. The molecule has 6 nitrogen and oxygen atoms in total. The van der Waals surface area contributed by atoms with Crippen molar-refractivity contribution >= 4 is 27.3 Å². The number of halogens is 1. The van der Waals surface area contributed by atoms with Gasteiger partial charge in [0, 0.05) is 13.6 Å². The molecule has 0 atom stereocenters. The molecule has 1 aromatic heterocycles. The monoisotopic (exact) mass is 412 g/mol. The number of piperazine rings is 1. The third-order valence-corrected chi connectivity index (χ3v) is 7.93.